The van der Waals surface area contributed by atoms with Crippen LogP contribution in [-0.2, 0) is 6.42 Å². The molecule has 0 amide bonds. The molecule has 0 aromatic heterocycles. The van der Waals surface area contributed by atoms with Gasteiger partial charge in [-0.2, -0.15) is 0 Å². The standard InChI is InChI=1S/C21H24ClN/c1-3-4-5-16-6-7-18-14-19(22)8-9-20(18)21(15(16)2)17-10-12-23-13-11-17/h3-5,8-9,14,23H,1,6-7,10-13H2,2H3/b5-4-. The summed E-state index contributed by atoms with van der Waals surface area (Å²) >= 11 is 6.25. The second-order valence-corrected chi connectivity index (χ2v) is 6.71. The van der Waals surface area contributed by atoms with Gasteiger partial charge < -0.3 is 5.32 Å². The van der Waals surface area contributed by atoms with Crippen LogP contribution in [0.5, 0.6) is 0 Å². The second-order valence-electron chi connectivity index (χ2n) is 6.28. The predicted octanol–water partition coefficient (Wildman–Crippen LogP) is 5.48. The Morgan fingerprint density at radius 2 is 1.91 bits per heavy atom. The maximum Gasteiger partial charge on any atom is 0.0409 e. The molecule has 1 heterocycles. The number of piperidine rings is 1. The zero-order valence-corrected chi connectivity index (χ0v) is 14.5. The van der Waals surface area contributed by atoms with Crippen LogP contribution in [-0.4, -0.2) is 13.1 Å². The van der Waals surface area contributed by atoms with Crippen LogP contribution >= 0.6 is 11.6 Å². The van der Waals surface area contributed by atoms with Crippen LogP contribution in [0.25, 0.3) is 5.57 Å². The van der Waals surface area contributed by atoms with Crippen LogP contribution in [0, 0.1) is 0 Å². The molecule has 1 aromatic rings. The van der Waals surface area contributed by atoms with E-state index >= 15 is 0 Å². The molecular weight excluding hydrogens is 302 g/mol. The number of fused-ring (bicyclic) bond motifs is 1. The third-order valence-electron chi connectivity index (χ3n) is 4.85. The normalized spacial score (nSPS) is 19.0. The molecule has 1 fully saturated rings. The zero-order chi connectivity index (χ0) is 16.2. The minimum absolute atomic E-state index is 0.834. The summed E-state index contributed by atoms with van der Waals surface area (Å²) in [5.41, 5.74) is 8.63. The fraction of sp³-hybridized carbons (Fsp3) is 0.333. The molecule has 0 radical (unpaired) electrons. The van der Waals surface area contributed by atoms with Crippen molar-refractivity contribution in [2.75, 3.05) is 13.1 Å². The highest BCUT2D eigenvalue weighted by atomic mass is 35.5. The molecule has 0 saturated carbocycles. The molecule has 0 unspecified atom stereocenters. The molecule has 3 rings (SSSR count). The minimum Gasteiger partial charge on any atom is -0.316 e. The van der Waals surface area contributed by atoms with Gasteiger partial charge in [0.2, 0.25) is 0 Å². The first kappa shape index (κ1) is 16.3. The van der Waals surface area contributed by atoms with Crippen LogP contribution in [0.4, 0.5) is 0 Å². The number of aryl methyl sites for hydroxylation is 1. The Morgan fingerprint density at radius 1 is 1.13 bits per heavy atom. The van der Waals surface area contributed by atoms with Crippen molar-refractivity contribution in [3.8, 4) is 0 Å². The van der Waals surface area contributed by atoms with Gasteiger partial charge in [0.25, 0.3) is 0 Å². The first-order valence-electron chi connectivity index (χ1n) is 8.41. The van der Waals surface area contributed by atoms with Crippen molar-refractivity contribution in [3.05, 3.63) is 75.9 Å². The van der Waals surface area contributed by atoms with Gasteiger partial charge >= 0.3 is 0 Å². The van der Waals surface area contributed by atoms with Crippen molar-refractivity contribution >= 4 is 17.2 Å². The second kappa shape index (κ2) is 7.33. The first-order chi connectivity index (χ1) is 11.2. The van der Waals surface area contributed by atoms with Crippen LogP contribution in [0.2, 0.25) is 5.02 Å². The summed E-state index contributed by atoms with van der Waals surface area (Å²) in [6.45, 7) is 8.23. The minimum atomic E-state index is 0.834. The van der Waals surface area contributed by atoms with Gasteiger partial charge in [0.1, 0.15) is 0 Å². The largest absolute Gasteiger partial charge is 0.316 e. The summed E-state index contributed by atoms with van der Waals surface area (Å²) in [6.07, 6.45) is 10.5. The van der Waals surface area contributed by atoms with Gasteiger partial charge in [-0.25, -0.2) is 0 Å². The molecule has 1 nitrogen and oxygen atoms in total. The fourth-order valence-corrected chi connectivity index (χ4v) is 3.85. The highest BCUT2D eigenvalue weighted by molar-refractivity contribution is 6.30. The van der Waals surface area contributed by atoms with Gasteiger partial charge in [-0.05, 0) is 85.7 Å². The van der Waals surface area contributed by atoms with Gasteiger partial charge in [-0.3, -0.25) is 0 Å². The summed E-state index contributed by atoms with van der Waals surface area (Å²) in [5, 5.41) is 4.30. The van der Waals surface area contributed by atoms with E-state index in [4.69, 9.17) is 11.6 Å². The lowest BCUT2D eigenvalue weighted by Gasteiger charge is -2.22. The molecule has 1 saturated heterocycles. The third-order valence-corrected chi connectivity index (χ3v) is 5.09. The van der Waals surface area contributed by atoms with Gasteiger partial charge in [0.05, 0.1) is 0 Å². The number of nitrogens with one attached hydrogen (secondary N) is 1. The molecule has 1 N–H and O–H groups in total. The number of benzene rings is 1. The molecule has 2 aliphatic rings. The first-order valence-corrected chi connectivity index (χ1v) is 8.79. The van der Waals surface area contributed by atoms with E-state index in [-0.39, 0.29) is 0 Å². The number of allylic oxidation sites excluding steroid dienone is 6. The fourth-order valence-electron chi connectivity index (χ4n) is 3.66. The van der Waals surface area contributed by atoms with E-state index in [1.165, 1.54) is 27.8 Å². The quantitative estimate of drug-likeness (QED) is 0.710. The highest BCUT2D eigenvalue weighted by Gasteiger charge is 2.21. The van der Waals surface area contributed by atoms with Crippen molar-refractivity contribution in [3.63, 3.8) is 0 Å². The molecule has 1 aromatic carbocycles. The van der Waals surface area contributed by atoms with Gasteiger partial charge in [0.15, 0.2) is 0 Å². The maximum atomic E-state index is 6.25. The molecule has 23 heavy (non-hydrogen) atoms. The van der Waals surface area contributed by atoms with Crippen molar-refractivity contribution in [2.45, 2.75) is 32.6 Å². The summed E-state index contributed by atoms with van der Waals surface area (Å²) in [6, 6.07) is 6.39. The van der Waals surface area contributed by atoms with Crippen molar-refractivity contribution in [2.24, 2.45) is 0 Å². The van der Waals surface area contributed by atoms with Crippen LogP contribution in [0.3, 0.4) is 0 Å². The number of hydrogen-bond donors (Lipinski definition) is 1. The van der Waals surface area contributed by atoms with Crippen molar-refractivity contribution < 1.29 is 0 Å². The lowest BCUT2D eigenvalue weighted by molar-refractivity contribution is 0.611. The Balaban J connectivity index is 2.18. The Bertz CT molecular complexity index is 699. The van der Waals surface area contributed by atoms with Crippen molar-refractivity contribution in [1.29, 1.82) is 0 Å². The van der Waals surface area contributed by atoms with E-state index in [2.05, 4.69) is 37.0 Å². The molecule has 120 valence electrons. The lowest BCUT2D eigenvalue weighted by Crippen LogP contribution is -2.24. The Hall–Kier alpha value is -1.57. The number of hydrogen-bond acceptors (Lipinski definition) is 1. The van der Waals surface area contributed by atoms with Gasteiger partial charge in [0, 0.05) is 5.02 Å². The number of rotatable bonds is 2. The average molecular weight is 326 g/mol. The lowest BCUT2D eigenvalue weighted by atomic mass is 9.87. The van der Waals surface area contributed by atoms with Crippen LogP contribution in [0.15, 0.2) is 59.7 Å². The van der Waals surface area contributed by atoms with E-state index in [1.54, 1.807) is 5.57 Å². The SMILES string of the molecule is C=C/C=C\C1=C(C)C(=C2CCNCC2)c2ccc(Cl)cc2CC1. The molecule has 0 spiro atoms. The molecule has 1 aliphatic heterocycles. The molecular formula is C21H24ClN. The van der Waals surface area contributed by atoms with E-state index in [0.29, 0.717) is 0 Å². The summed E-state index contributed by atoms with van der Waals surface area (Å²) in [4.78, 5) is 0. The van der Waals surface area contributed by atoms with E-state index in [1.807, 2.05) is 18.2 Å². The third kappa shape index (κ3) is 3.52. The van der Waals surface area contributed by atoms with E-state index in [9.17, 15) is 0 Å². The van der Waals surface area contributed by atoms with Crippen molar-refractivity contribution in [1.82, 2.24) is 5.32 Å². The van der Waals surface area contributed by atoms with E-state index in [0.717, 1.165) is 43.8 Å². The summed E-state index contributed by atoms with van der Waals surface area (Å²) < 4.78 is 0. The van der Waals surface area contributed by atoms with E-state index < -0.39 is 0 Å². The Labute approximate surface area is 144 Å². The van der Waals surface area contributed by atoms with Gasteiger partial charge in [-0.15, -0.1) is 0 Å². The molecule has 0 bridgehead atoms. The smallest absolute Gasteiger partial charge is 0.0409 e. The summed E-state index contributed by atoms with van der Waals surface area (Å²) in [7, 11) is 0. The molecule has 0 atom stereocenters. The zero-order valence-electron chi connectivity index (χ0n) is 13.8. The van der Waals surface area contributed by atoms with Crippen LogP contribution in [0.1, 0.15) is 37.3 Å². The monoisotopic (exact) mass is 325 g/mol. The average Bonchev–Trinajstić information content (AvgIpc) is 2.70. The maximum absolute atomic E-state index is 6.25. The topological polar surface area (TPSA) is 12.0 Å². The molecule has 1 aliphatic carbocycles. The van der Waals surface area contributed by atoms with Gasteiger partial charge in [-0.1, -0.05) is 48.0 Å². The predicted molar refractivity (Wildman–Crippen MR) is 101 cm³/mol. The highest BCUT2D eigenvalue weighted by Crippen LogP contribution is 2.39. The summed E-state index contributed by atoms with van der Waals surface area (Å²) in [5.74, 6) is 0. The van der Waals surface area contributed by atoms with Crippen LogP contribution < -0.4 is 5.32 Å². The Morgan fingerprint density at radius 3 is 2.65 bits per heavy atom. The number of halogens is 1. The molecule has 2 heteroatoms. The Kier molecular flexibility index (Phi) is 5.20.